The number of anilines is 1. The van der Waals surface area contributed by atoms with E-state index in [0.717, 1.165) is 16.7 Å². The molecule has 0 saturated carbocycles. The molecule has 184 valence electrons. The molecule has 0 saturated heterocycles. The Balaban J connectivity index is 1.53. The Morgan fingerprint density at radius 1 is 0.784 bits per heavy atom. The predicted molar refractivity (Wildman–Crippen MR) is 145 cm³/mol. The highest BCUT2D eigenvalue weighted by molar-refractivity contribution is 6.30. The maximum Gasteiger partial charge on any atom is 0.290 e. The number of aromatic nitrogens is 2. The Morgan fingerprint density at radius 2 is 1.27 bits per heavy atom. The fourth-order valence-corrected chi connectivity index (χ4v) is 4.84. The number of rotatable bonds is 8. The van der Waals surface area contributed by atoms with Crippen LogP contribution in [0.1, 0.15) is 28.8 Å². The highest BCUT2D eigenvalue weighted by Gasteiger charge is 2.40. The molecule has 5 rings (SSSR count). The SMILES string of the molecule is O=C(CCc1cn(C(c2ccccc2)(c2ccccc2)c2ccccc2)c(F)n1)Nc1ccc(Cl)cc1. The molecule has 0 radical (unpaired) electrons. The highest BCUT2D eigenvalue weighted by atomic mass is 35.5. The summed E-state index contributed by atoms with van der Waals surface area (Å²) in [6.07, 6.45) is 1.55. The molecule has 0 aliphatic heterocycles. The molecule has 1 N–H and O–H groups in total. The molecule has 1 amide bonds. The second-order valence-electron chi connectivity index (χ2n) is 8.73. The first-order valence-electron chi connectivity index (χ1n) is 12.0. The molecular weight excluding hydrogens is 485 g/mol. The molecule has 0 aliphatic carbocycles. The van der Waals surface area contributed by atoms with Gasteiger partial charge < -0.3 is 5.32 Å². The standard InChI is InChI=1S/C31H25ClFN3O/c32-26-16-18-27(19-17-26)34-29(37)21-20-28-22-36(30(33)35-28)31(23-10-4-1-5-11-23,24-12-6-2-7-13-24)25-14-8-3-9-15-25/h1-19,22H,20-21H2,(H,34,37). The summed E-state index contributed by atoms with van der Waals surface area (Å²) in [5, 5.41) is 3.44. The van der Waals surface area contributed by atoms with Crippen LogP contribution in [0.5, 0.6) is 0 Å². The van der Waals surface area contributed by atoms with Crippen LogP contribution in [-0.2, 0) is 16.8 Å². The number of halogens is 2. The van der Waals surface area contributed by atoms with E-state index >= 15 is 4.39 Å². The summed E-state index contributed by atoms with van der Waals surface area (Å²) in [6.45, 7) is 0. The number of imidazole rings is 1. The lowest BCUT2D eigenvalue weighted by Crippen LogP contribution is -2.38. The van der Waals surface area contributed by atoms with E-state index in [4.69, 9.17) is 11.6 Å². The van der Waals surface area contributed by atoms with E-state index in [1.165, 1.54) is 0 Å². The summed E-state index contributed by atoms with van der Waals surface area (Å²) in [4.78, 5) is 16.8. The number of benzene rings is 4. The lowest BCUT2D eigenvalue weighted by molar-refractivity contribution is -0.116. The van der Waals surface area contributed by atoms with Crippen molar-refractivity contribution in [3.8, 4) is 0 Å². The normalized spacial score (nSPS) is 11.3. The summed E-state index contributed by atoms with van der Waals surface area (Å²) in [7, 11) is 0. The van der Waals surface area contributed by atoms with Crippen LogP contribution >= 0.6 is 11.6 Å². The topological polar surface area (TPSA) is 46.9 Å². The van der Waals surface area contributed by atoms with Crippen LogP contribution in [0.15, 0.2) is 121 Å². The van der Waals surface area contributed by atoms with Gasteiger partial charge in [-0.1, -0.05) is 103 Å². The van der Waals surface area contributed by atoms with Crippen LogP contribution in [0.3, 0.4) is 0 Å². The largest absolute Gasteiger partial charge is 0.326 e. The minimum atomic E-state index is -0.995. The Labute approximate surface area is 220 Å². The number of hydrogen-bond donors (Lipinski definition) is 1. The summed E-state index contributed by atoms with van der Waals surface area (Å²) >= 11 is 5.92. The zero-order chi connectivity index (χ0) is 25.7. The van der Waals surface area contributed by atoms with Gasteiger partial charge in [0.2, 0.25) is 5.91 Å². The molecule has 0 unspecified atom stereocenters. The Morgan fingerprint density at radius 3 is 1.76 bits per heavy atom. The zero-order valence-corrected chi connectivity index (χ0v) is 20.8. The summed E-state index contributed by atoms with van der Waals surface area (Å²) in [5.41, 5.74) is 2.85. The Kier molecular flexibility index (Phi) is 7.15. The van der Waals surface area contributed by atoms with Crippen LogP contribution in [0.4, 0.5) is 10.1 Å². The van der Waals surface area contributed by atoms with Crippen LogP contribution in [0, 0.1) is 6.08 Å². The van der Waals surface area contributed by atoms with Crippen molar-refractivity contribution < 1.29 is 9.18 Å². The molecule has 0 spiro atoms. The minimum Gasteiger partial charge on any atom is -0.326 e. The predicted octanol–water partition coefficient (Wildman–Crippen LogP) is 7.09. The van der Waals surface area contributed by atoms with Crippen molar-refractivity contribution in [2.75, 3.05) is 5.32 Å². The van der Waals surface area contributed by atoms with Crippen LogP contribution in [0.2, 0.25) is 5.02 Å². The number of nitrogens with zero attached hydrogens (tertiary/aromatic N) is 2. The molecular formula is C31H25ClFN3O. The van der Waals surface area contributed by atoms with E-state index in [1.54, 1.807) is 35.0 Å². The third-order valence-corrected chi connectivity index (χ3v) is 6.64. The molecule has 5 aromatic rings. The Bertz CT molecular complexity index is 1370. The van der Waals surface area contributed by atoms with Crippen molar-refractivity contribution in [3.63, 3.8) is 0 Å². The van der Waals surface area contributed by atoms with Crippen molar-refractivity contribution in [1.29, 1.82) is 0 Å². The third-order valence-electron chi connectivity index (χ3n) is 6.39. The average molecular weight is 510 g/mol. The first-order chi connectivity index (χ1) is 18.1. The van der Waals surface area contributed by atoms with E-state index in [-0.39, 0.29) is 18.7 Å². The molecule has 0 aliphatic rings. The number of carbonyl (C=O) groups excluding carboxylic acids is 1. The number of carbonyl (C=O) groups is 1. The molecule has 0 bridgehead atoms. The van der Waals surface area contributed by atoms with E-state index in [2.05, 4.69) is 10.3 Å². The van der Waals surface area contributed by atoms with Gasteiger partial charge in [-0.3, -0.25) is 9.36 Å². The van der Waals surface area contributed by atoms with Crippen molar-refractivity contribution >= 4 is 23.2 Å². The van der Waals surface area contributed by atoms with Crippen LogP contribution in [0.25, 0.3) is 0 Å². The average Bonchev–Trinajstić information content (AvgIpc) is 3.32. The molecule has 0 atom stereocenters. The van der Waals surface area contributed by atoms with Crippen LogP contribution < -0.4 is 5.32 Å². The van der Waals surface area contributed by atoms with E-state index in [1.807, 2.05) is 91.0 Å². The van der Waals surface area contributed by atoms with Gasteiger partial charge in [0.05, 0.1) is 5.69 Å². The fraction of sp³-hybridized carbons (Fsp3) is 0.0968. The fourth-order valence-electron chi connectivity index (χ4n) is 4.71. The van der Waals surface area contributed by atoms with Gasteiger partial charge in [0.15, 0.2) is 0 Å². The second kappa shape index (κ2) is 10.8. The van der Waals surface area contributed by atoms with Gasteiger partial charge in [-0.05, 0) is 41.0 Å². The molecule has 1 heterocycles. The lowest BCUT2D eigenvalue weighted by Gasteiger charge is -2.37. The molecule has 4 nitrogen and oxygen atoms in total. The maximum absolute atomic E-state index is 15.8. The van der Waals surface area contributed by atoms with Crippen molar-refractivity contribution in [1.82, 2.24) is 9.55 Å². The van der Waals surface area contributed by atoms with Crippen molar-refractivity contribution in [2.24, 2.45) is 0 Å². The number of aryl methyl sites for hydroxylation is 1. The maximum atomic E-state index is 15.8. The number of nitrogens with one attached hydrogen (secondary N) is 1. The Hall–Kier alpha value is -4.22. The molecule has 4 aromatic carbocycles. The summed E-state index contributed by atoms with van der Waals surface area (Å²) < 4.78 is 17.4. The van der Waals surface area contributed by atoms with E-state index in [0.29, 0.717) is 16.4 Å². The molecule has 0 fully saturated rings. The molecule has 6 heteroatoms. The van der Waals surface area contributed by atoms with Gasteiger partial charge in [-0.15, -0.1) is 0 Å². The second-order valence-corrected chi connectivity index (χ2v) is 9.17. The monoisotopic (exact) mass is 509 g/mol. The number of hydrogen-bond acceptors (Lipinski definition) is 2. The molecule has 1 aromatic heterocycles. The summed E-state index contributed by atoms with van der Waals surface area (Å²) in [5.74, 6) is -0.183. The molecule has 37 heavy (non-hydrogen) atoms. The lowest BCUT2D eigenvalue weighted by atomic mass is 9.76. The quantitative estimate of drug-likeness (QED) is 0.227. The van der Waals surface area contributed by atoms with E-state index < -0.39 is 11.6 Å². The van der Waals surface area contributed by atoms with Gasteiger partial charge in [0.25, 0.3) is 6.08 Å². The third kappa shape index (κ3) is 5.04. The first kappa shape index (κ1) is 24.5. The van der Waals surface area contributed by atoms with Gasteiger partial charge in [0, 0.05) is 29.7 Å². The summed E-state index contributed by atoms with van der Waals surface area (Å²) in [6, 6.07) is 36.4. The van der Waals surface area contributed by atoms with Gasteiger partial charge in [-0.25, -0.2) is 4.98 Å². The zero-order valence-electron chi connectivity index (χ0n) is 20.0. The van der Waals surface area contributed by atoms with Gasteiger partial charge >= 0.3 is 0 Å². The smallest absolute Gasteiger partial charge is 0.290 e. The van der Waals surface area contributed by atoms with Gasteiger partial charge in [0.1, 0.15) is 5.54 Å². The highest BCUT2D eigenvalue weighted by Crippen LogP contribution is 2.41. The van der Waals surface area contributed by atoms with Crippen molar-refractivity contribution in [3.05, 3.63) is 155 Å². The van der Waals surface area contributed by atoms with Crippen molar-refractivity contribution in [2.45, 2.75) is 18.4 Å². The first-order valence-corrected chi connectivity index (χ1v) is 12.4. The van der Waals surface area contributed by atoms with Gasteiger partial charge in [-0.2, -0.15) is 4.39 Å². The van der Waals surface area contributed by atoms with E-state index in [9.17, 15) is 4.79 Å². The minimum absolute atomic E-state index is 0.161. The number of amides is 1. The van der Waals surface area contributed by atoms with Crippen LogP contribution in [-0.4, -0.2) is 15.5 Å².